The van der Waals surface area contributed by atoms with Crippen molar-refractivity contribution >= 4 is 46.4 Å². The predicted octanol–water partition coefficient (Wildman–Crippen LogP) is 5.65. The number of ether oxygens (including phenoxy) is 1. The van der Waals surface area contributed by atoms with Crippen LogP contribution in [-0.2, 0) is 4.79 Å². The van der Waals surface area contributed by atoms with Crippen LogP contribution in [0.3, 0.4) is 0 Å². The summed E-state index contributed by atoms with van der Waals surface area (Å²) in [5.74, 6) is -0.411. The maximum atomic E-state index is 12.6. The van der Waals surface area contributed by atoms with Crippen LogP contribution in [0.5, 0.6) is 5.75 Å². The number of carbonyl (C=O) groups is 2. The lowest BCUT2D eigenvalue weighted by Gasteiger charge is -2.17. The first-order valence-corrected chi connectivity index (χ1v) is 9.57. The molecule has 1 unspecified atom stereocenters. The normalized spacial score (nSPS) is 11.4. The second-order valence-electron chi connectivity index (χ2n) is 6.19. The zero-order chi connectivity index (χ0) is 20.8. The van der Waals surface area contributed by atoms with Gasteiger partial charge >= 0.3 is 0 Å². The molecule has 1 atom stereocenters. The quantitative estimate of drug-likeness (QED) is 0.532. The number of benzene rings is 3. The highest BCUT2D eigenvalue weighted by atomic mass is 35.5. The van der Waals surface area contributed by atoms with Gasteiger partial charge in [0.15, 0.2) is 6.10 Å². The van der Waals surface area contributed by atoms with Crippen molar-refractivity contribution in [2.45, 2.75) is 13.0 Å². The number of para-hydroxylation sites is 2. The first kappa shape index (κ1) is 20.7. The summed E-state index contributed by atoms with van der Waals surface area (Å²) in [7, 11) is 0. The van der Waals surface area contributed by atoms with Crippen LogP contribution in [0.2, 0.25) is 10.0 Å². The molecule has 3 aromatic rings. The van der Waals surface area contributed by atoms with Crippen LogP contribution in [0.1, 0.15) is 17.3 Å². The standard InChI is InChI=1S/C22H18Cl2N2O3/c1-14(29-20-12-11-15(23)13-18(20)24)21(27)26-19-10-6-5-9-17(19)22(28)25-16-7-3-2-4-8-16/h2-14H,1H3,(H,25,28)(H,26,27). The van der Waals surface area contributed by atoms with Gasteiger partial charge in [0.2, 0.25) is 0 Å². The first-order valence-electron chi connectivity index (χ1n) is 8.82. The molecule has 0 heterocycles. The molecule has 0 aliphatic carbocycles. The molecule has 3 aromatic carbocycles. The Morgan fingerprint density at radius 3 is 2.31 bits per heavy atom. The van der Waals surface area contributed by atoms with Gasteiger partial charge in [-0.15, -0.1) is 0 Å². The van der Waals surface area contributed by atoms with Crippen molar-refractivity contribution in [1.29, 1.82) is 0 Å². The summed E-state index contributed by atoms with van der Waals surface area (Å²) in [6, 6.07) is 20.6. The van der Waals surface area contributed by atoms with E-state index >= 15 is 0 Å². The van der Waals surface area contributed by atoms with Gasteiger partial charge in [0.1, 0.15) is 5.75 Å². The van der Waals surface area contributed by atoms with Crippen molar-refractivity contribution in [3.05, 3.63) is 88.4 Å². The van der Waals surface area contributed by atoms with Gasteiger partial charge < -0.3 is 15.4 Å². The Hall–Kier alpha value is -3.02. The van der Waals surface area contributed by atoms with Gasteiger partial charge in [-0.05, 0) is 49.4 Å². The topological polar surface area (TPSA) is 67.4 Å². The van der Waals surface area contributed by atoms with Gasteiger partial charge in [-0.3, -0.25) is 9.59 Å². The lowest BCUT2D eigenvalue weighted by atomic mass is 10.1. The van der Waals surface area contributed by atoms with E-state index in [1.165, 1.54) is 6.07 Å². The minimum atomic E-state index is -0.848. The van der Waals surface area contributed by atoms with Gasteiger partial charge in [0, 0.05) is 10.7 Å². The Kier molecular flexibility index (Phi) is 6.75. The third kappa shape index (κ3) is 5.50. The monoisotopic (exact) mass is 428 g/mol. The highest BCUT2D eigenvalue weighted by Gasteiger charge is 2.19. The number of hydrogen-bond donors (Lipinski definition) is 2. The Labute approximate surface area is 178 Å². The summed E-state index contributed by atoms with van der Waals surface area (Å²) in [6.07, 6.45) is -0.848. The summed E-state index contributed by atoms with van der Waals surface area (Å²) in [4.78, 5) is 25.2. The minimum absolute atomic E-state index is 0.305. The highest BCUT2D eigenvalue weighted by Crippen LogP contribution is 2.28. The minimum Gasteiger partial charge on any atom is -0.479 e. The van der Waals surface area contributed by atoms with Crippen molar-refractivity contribution in [2.75, 3.05) is 10.6 Å². The molecule has 5 nitrogen and oxygen atoms in total. The van der Waals surface area contributed by atoms with E-state index in [9.17, 15) is 9.59 Å². The van der Waals surface area contributed by atoms with Gasteiger partial charge in [-0.25, -0.2) is 0 Å². The molecule has 0 bridgehead atoms. The third-order valence-corrected chi connectivity index (χ3v) is 4.56. The number of hydrogen-bond acceptors (Lipinski definition) is 3. The van der Waals surface area contributed by atoms with Crippen molar-refractivity contribution in [2.24, 2.45) is 0 Å². The fourth-order valence-electron chi connectivity index (χ4n) is 2.56. The fraction of sp³-hybridized carbons (Fsp3) is 0.0909. The summed E-state index contributed by atoms with van der Waals surface area (Å²) in [6.45, 7) is 1.59. The molecular weight excluding hydrogens is 411 g/mol. The second-order valence-corrected chi connectivity index (χ2v) is 7.03. The largest absolute Gasteiger partial charge is 0.479 e. The zero-order valence-corrected chi connectivity index (χ0v) is 17.0. The molecule has 2 N–H and O–H groups in total. The van der Waals surface area contributed by atoms with Crippen LogP contribution in [0, 0.1) is 0 Å². The SMILES string of the molecule is CC(Oc1ccc(Cl)cc1Cl)C(=O)Nc1ccccc1C(=O)Nc1ccccc1. The Morgan fingerprint density at radius 1 is 0.897 bits per heavy atom. The van der Waals surface area contributed by atoms with E-state index in [-0.39, 0.29) is 5.91 Å². The molecule has 7 heteroatoms. The molecule has 0 saturated carbocycles. The third-order valence-electron chi connectivity index (χ3n) is 4.03. The van der Waals surface area contributed by atoms with Crippen LogP contribution >= 0.6 is 23.2 Å². The molecular formula is C22H18Cl2N2O3. The molecule has 29 heavy (non-hydrogen) atoms. The van der Waals surface area contributed by atoms with Crippen LogP contribution in [-0.4, -0.2) is 17.9 Å². The first-order chi connectivity index (χ1) is 13.9. The van der Waals surface area contributed by atoms with Crippen LogP contribution < -0.4 is 15.4 Å². The lowest BCUT2D eigenvalue weighted by Crippen LogP contribution is -2.31. The van der Waals surface area contributed by atoms with E-state index in [1.807, 2.05) is 18.2 Å². The highest BCUT2D eigenvalue weighted by molar-refractivity contribution is 6.35. The number of carbonyl (C=O) groups excluding carboxylic acids is 2. The molecule has 3 rings (SSSR count). The number of amides is 2. The van der Waals surface area contributed by atoms with Gasteiger partial charge in [0.25, 0.3) is 11.8 Å². The van der Waals surface area contributed by atoms with Crippen molar-refractivity contribution in [1.82, 2.24) is 0 Å². The number of rotatable bonds is 6. The van der Waals surface area contributed by atoms with E-state index in [0.717, 1.165) is 0 Å². The molecule has 2 amide bonds. The molecule has 0 fully saturated rings. The molecule has 0 aliphatic heterocycles. The molecule has 148 valence electrons. The zero-order valence-electron chi connectivity index (χ0n) is 15.5. The van der Waals surface area contributed by atoms with Gasteiger partial charge in [-0.1, -0.05) is 53.5 Å². The van der Waals surface area contributed by atoms with E-state index in [0.29, 0.717) is 32.7 Å². The molecule has 0 aromatic heterocycles. The predicted molar refractivity (Wildman–Crippen MR) is 116 cm³/mol. The van der Waals surface area contributed by atoms with Gasteiger partial charge in [0.05, 0.1) is 16.3 Å². The van der Waals surface area contributed by atoms with E-state index in [2.05, 4.69) is 10.6 Å². The summed E-state index contributed by atoms with van der Waals surface area (Å²) >= 11 is 12.0. The van der Waals surface area contributed by atoms with E-state index < -0.39 is 12.0 Å². The Morgan fingerprint density at radius 2 is 1.59 bits per heavy atom. The smallest absolute Gasteiger partial charge is 0.265 e. The Bertz CT molecular complexity index is 1030. The maximum absolute atomic E-state index is 12.6. The van der Waals surface area contributed by atoms with Crippen LogP contribution in [0.15, 0.2) is 72.8 Å². The van der Waals surface area contributed by atoms with Crippen molar-refractivity contribution in [3.63, 3.8) is 0 Å². The molecule has 0 aliphatic rings. The van der Waals surface area contributed by atoms with Crippen molar-refractivity contribution < 1.29 is 14.3 Å². The van der Waals surface area contributed by atoms with Crippen LogP contribution in [0.4, 0.5) is 11.4 Å². The molecule has 0 saturated heterocycles. The summed E-state index contributed by atoms with van der Waals surface area (Å²) < 4.78 is 5.63. The lowest BCUT2D eigenvalue weighted by molar-refractivity contribution is -0.122. The average Bonchev–Trinajstić information content (AvgIpc) is 2.71. The summed E-state index contributed by atoms with van der Waals surface area (Å²) in [5, 5.41) is 6.31. The number of halogens is 2. The second kappa shape index (κ2) is 9.45. The average molecular weight is 429 g/mol. The fourth-order valence-corrected chi connectivity index (χ4v) is 3.01. The Balaban J connectivity index is 1.71. The number of anilines is 2. The van der Waals surface area contributed by atoms with Gasteiger partial charge in [-0.2, -0.15) is 0 Å². The number of nitrogens with one attached hydrogen (secondary N) is 2. The summed E-state index contributed by atoms with van der Waals surface area (Å²) in [5.41, 5.74) is 1.37. The van der Waals surface area contributed by atoms with Crippen LogP contribution in [0.25, 0.3) is 0 Å². The molecule has 0 radical (unpaired) electrons. The van der Waals surface area contributed by atoms with E-state index in [1.54, 1.807) is 55.5 Å². The van der Waals surface area contributed by atoms with E-state index in [4.69, 9.17) is 27.9 Å². The molecule has 0 spiro atoms. The van der Waals surface area contributed by atoms with Crippen molar-refractivity contribution in [3.8, 4) is 5.75 Å². The maximum Gasteiger partial charge on any atom is 0.265 e.